The van der Waals surface area contributed by atoms with Crippen molar-refractivity contribution in [2.75, 3.05) is 13.1 Å². The van der Waals surface area contributed by atoms with Gasteiger partial charge in [-0.15, -0.1) is 0 Å². The first-order valence-electron chi connectivity index (χ1n) is 4.63. The van der Waals surface area contributed by atoms with Crippen LogP contribution in [0.5, 0.6) is 0 Å². The Morgan fingerprint density at radius 2 is 2.07 bits per heavy atom. The molecule has 2 amide bonds. The molecule has 1 heterocycles. The van der Waals surface area contributed by atoms with Gasteiger partial charge in [0.1, 0.15) is 0 Å². The van der Waals surface area contributed by atoms with Crippen LogP contribution in [0, 0.1) is 0 Å². The fourth-order valence-corrected chi connectivity index (χ4v) is 1.49. The predicted octanol–water partition coefficient (Wildman–Crippen LogP) is -1.65. The average Bonchev–Trinajstić information content (AvgIpc) is 2.40. The first-order valence-corrected chi connectivity index (χ1v) is 4.63. The molecule has 0 aliphatic carbocycles. The van der Waals surface area contributed by atoms with Gasteiger partial charge in [0.25, 0.3) is 0 Å². The van der Waals surface area contributed by atoms with Gasteiger partial charge in [-0.2, -0.15) is 0 Å². The fraction of sp³-hybridized carbons (Fsp3) is 0.750. The van der Waals surface area contributed by atoms with E-state index in [1.165, 1.54) is 4.90 Å². The van der Waals surface area contributed by atoms with Gasteiger partial charge in [0.15, 0.2) is 0 Å². The van der Waals surface area contributed by atoms with Crippen molar-refractivity contribution in [2.24, 2.45) is 5.84 Å². The highest BCUT2D eigenvalue weighted by Gasteiger charge is 2.23. The van der Waals surface area contributed by atoms with Crippen LogP contribution in [0.15, 0.2) is 0 Å². The smallest absolute Gasteiger partial charge is 0.323 e. The second-order valence-corrected chi connectivity index (χ2v) is 3.35. The number of carbonyl (C=O) groups excluding carboxylic acids is 2. The van der Waals surface area contributed by atoms with Gasteiger partial charge in [0.2, 0.25) is 0 Å². The zero-order chi connectivity index (χ0) is 10.6. The van der Waals surface area contributed by atoms with E-state index in [4.69, 9.17) is 5.84 Å². The number of rotatable bonds is 0. The number of nitrogens with one attached hydrogen (secondary N) is 1. The van der Waals surface area contributed by atoms with E-state index in [0.29, 0.717) is 32.4 Å². The van der Waals surface area contributed by atoms with Crippen LogP contribution in [0.4, 0.5) is 0 Å². The summed E-state index contributed by atoms with van der Waals surface area (Å²) in [5.41, 5.74) is 1.80. The number of nitrogens with zero attached hydrogens (tertiary/aromatic N) is 1. The van der Waals surface area contributed by atoms with Crippen LogP contribution < -0.4 is 11.3 Å². The third-order valence-corrected chi connectivity index (χ3v) is 2.31. The Balaban J connectivity index is 2.51. The van der Waals surface area contributed by atoms with Crippen molar-refractivity contribution in [3.05, 3.63) is 0 Å². The van der Waals surface area contributed by atoms with Gasteiger partial charge in [-0.05, 0) is 19.3 Å². The Bertz CT molecular complexity index is 232. The molecule has 1 unspecified atom stereocenters. The second kappa shape index (κ2) is 4.92. The van der Waals surface area contributed by atoms with E-state index in [9.17, 15) is 14.7 Å². The number of likely N-dealkylation sites (tertiary alicyclic amines) is 1. The van der Waals surface area contributed by atoms with Gasteiger partial charge in [-0.25, -0.2) is 5.84 Å². The molecule has 0 aromatic rings. The molecule has 1 rings (SSSR count). The molecule has 0 spiro atoms. The molecule has 1 aliphatic rings. The topological polar surface area (TPSA) is 95.7 Å². The largest absolute Gasteiger partial charge is 0.393 e. The van der Waals surface area contributed by atoms with E-state index < -0.39 is 11.8 Å². The van der Waals surface area contributed by atoms with Crippen LogP contribution in [0.3, 0.4) is 0 Å². The minimum atomic E-state index is -0.804. The lowest BCUT2D eigenvalue weighted by atomic mass is 10.2. The molecule has 0 aromatic carbocycles. The van der Waals surface area contributed by atoms with Crippen molar-refractivity contribution in [1.29, 1.82) is 0 Å². The zero-order valence-electron chi connectivity index (χ0n) is 7.90. The molecule has 1 atom stereocenters. The third kappa shape index (κ3) is 2.68. The fourth-order valence-electron chi connectivity index (χ4n) is 1.49. The highest BCUT2D eigenvalue weighted by Crippen LogP contribution is 2.10. The molecule has 0 saturated carbocycles. The van der Waals surface area contributed by atoms with E-state index in [2.05, 4.69) is 0 Å². The molecule has 6 heteroatoms. The Morgan fingerprint density at radius 1 is 1.36 bits per heavy atom. The number of hydrogen-bond acceptors (Lipinski definition) is 4. The summed E-state index contributed by atoms with van der Waals surface area (Å²) in [5.74, 6) is 3.42. The molecule has 1 aliphatic heterocycles. The summed E-state index contributed by atoms with van der Waals surface area (Å²) >= 11 is 0. The number of aliphatic hydroxyl groups excluding tert-OH is 1. The first kappa shape index (κ1) is 10.9. The highest BCUT2D eigenvalue weighted by molar-refractivity contribution is 6.34. The highest BCUT2D eigenvalue weighted by atomic mass is 16.3. The van der Waals surface area contributed by atoms with Crippen LogP contribution >= 0.6 is 0 Å². The zero-order valence-corrected chi connectivity index (χ0v) is 7.90. The van der Waals surface area contributed by atoms with Gasteiger partial charge in [-0.3, -0.25) is 15.0 Å². The van der Waals surface area contributed by atoms with Crippen LogP contribution in [0.1, 0.15) is 19.3 Å². The second-order valence-electron chi connectivity index (χ2n) is 3.35. The molecule has 1 fully saturated rings. The van der Waals surface area contributed by atoms with Crippen molar-refractivity contribution in [3.8, 4) is 0 Å². The number of amides is 2. The van der Waals surface area contributed by atoms with Gasteiger partial charge >= 0.3 is 11.8 Å². The maximum atomic E-state index is 11.3. The standard InChI is InChI=1S/C8H15N3O3/c9-10-7(13)8(14)11-4-1-2-6(12)3-5-11/h6,12H,1-5,9H2,(H,10,13). The Kier molecular flexibility index (Phi) is 3.84. The Hall–Kier alpha value is -1.14. The lowest BCUT2D eigenvalue weighted by Crippen LogP contribution is -2.45. The Morgan fingerprint density at radius 3 is 2.71 bits per heavy atom. The number of aliphatic hydroxyl groups is 1. The summed E-state index contributed by atoms with van der Waals surface area (Å²) in [6.07, 6.45) is 1.54. The van der Waals surface area contributed by atoms with E-state index >= 15 is 0 Å². The van der Waals surface area contributed by atoms with Crippen molar-refractivity contribution in [3.63, 3.8) is 0 Å². The predicted molar refractivity (Wildman–Crippen MR) is 48.8 cm³/mol. The molecular weight excluding hydrogens is 186 g/mol. The first-order chi connectivity index (χ1) is 6.65. The van der Waals surface area contributed by atoms with Gasteiger partial charge in [0, 0.05) is 13.1 Å². The average molecular weight is 201 g/mol. The van der Waals surface area contributed by atoms with E-state index in [-0.39, 0.29) is 6.10 Å². The summed E-state index contributed by atoms with van der Waals surface area (Å²) in [6, 6.07) is 0. The summed E-state index contributed by atoms with van der Waals surface area (Å²) in [6.45, 7) is 0.913. The van der Waals surface area contributed by atoms with Crippen molar-refractivity contribution in [2.45, 2.75) is 25.4 Å². The SMILES string of the molecule is NNC(=O)C(=O)N1CCCC(O)CC1. The molecule has 6 nitrogen and oxygen atoms in total. The normalized spacial score (nSPS) is 22.7. The molecule has 80 valence electrons. The van der Waals surface area contributed by atoms with E-state index in [1.54, 1.807) is 5.43 Å². The number of carbonyl (C=O) groups is 2. The summed E-state index contributed by atoms with van der Waals surface area (Å²) in [4.78, 5) is 23.7. The van der Waals surface area contributed by atoms with Gasteiger partial charge in [0.05, 0.1) is 6.10 Å². The maximum Gasteiger partial charge on any atom is 0.323 e. The molecule has 0 radical (unpaired) electrons. The van der Waals surface area contributed by atoms with Crippen molar-refractivity contribution in [1.82, 2.24) is 10.3 Å². The lowest BCUT2D eigenvalue weighted by molar-refractivity contribution is -0.145. The molecular formula is C8H15N3O3. The number of hydrazine groups is 1. The van der Waals surface area contributed by atoms with Crippen molar-refractivity contribution >= 4 is 11.8 Å². The number of hydrogen-bond donors (Lipinski definition) is 3. The maximum absolute atomic E-state index is 11.3. The quantitative estimate of drug-likeness (QED) is 0.189. The third-order valence-electron chi connectivity index (χ3n) is 2.31. The summed E-state index contributed by atoms with van der Waals surface area (Å²) in [5, 5.41) is 9.32. The van der Waals surface area contributed by atoms with Crippen LogP contribution in [-0.2, 0) is 9.59 Å². The molecule has 4 N–H and O–H groups in total. The summed E-state index contributed by atoms with van der Waals surface area (Å²) in [7, 11) is 0. The van der Waals surface area contributed by atoms with Crippen molar-refractivity contribution < 1.29 is 14.7 Å². The summed E-state index contributed by atoms with van der Waals surface area (Å²) < 4.78 is 0. The van der Waals surface area contributed by atoms with Gasteiger partial charge in [-0.1, -0.05) is 0 Å². The van der Waals surface area contributed by atoms with Gasteiger partial charge < -0.3 is 10.0 Å². The Labute approximate surface area is 82.0 Å². The monoisotopic (exact) mass is 201 g/mol. The molecule has 1 saturated heterocycles. The lowest BCUT2D eigenvalue weighted by Gasteiger charge is -2.18. The molecule has 14 heavy (non-hydrogen) atoms. The molecule has 0 aromatic heterocycles. The van der Waals surface area contributed by atoms with Crippen LogP contribution in [0.2, 0.25) is 0 Å². The van der Waals surface area contributed by atoms with E-state index in [1.807, 2.05) is 0 Å². The van der Waals surface area contributed by atoms with Crippen LogP contribution in [0.25, 0.3) is 0 Å². The van der Waals surface area contributed by atoms with E-state index in [0.717, 1.165) is 0 Å². The number of nitrogens with two attached hydrogens (primary N) is 1. The minimum Gasteiger partial charge on any atom is -0.393 e. The molecule has 0 bridgehead atoms. The minimum absolute atomic E-state index is 0.367. The van der Waals surface area contributed by atoms with Crippen LogP contribution in [-0.4, -0.2) is 41.0 Å².